The molecule has 2 aromatic heterocycles. The lowest BCUT2D eigenvalue weighted by molar-refractivity contribution is -0.478. The van der Waals surface area contributed by atoms with Gasteiger partial charge < -0.3 is 5.32 Å². The molecule has 0 radical (unpaired) electrons. The van der Waals surface area contributed by atoms with Gasteiger partial charge in [0, 0.05) is 12.3 Å². The van der Waals surface area contributed by atoms with Gasteiger partial charge >= 0.3 is 0 Å². The van der Waals surface area contributed by atoms with E-state index < -0.39 is 0 Å². The van der Waals surface area contributed by atoms with Crippen molar-refractivity contribution in [2.75, 3.05) is 5.32 Å². The first kappa shape index (κ1) is 14.8. The van der Waals surface area contributed by atoms with Crippen molar-refractivity contribution in [3.05, 3.63) is 41.4 Å². The summed E-state index contributed by atoms with van der Waals surface area (Å²) in [5.74, 6) is -0.114. The highest BCUT2D eigenvalue weighted by Gasteiger charge is 2.15. The average molecular weight is 331 g/mol. The van der Waals surface area contributed by atoms with E-state index in [-0.39, 0.29) is 5.91 Å². The molecule has 0 fully saturated rings. The highest BCUT2D eigenvalue weighted by molar-refractivity contribution is 7.19. The summed E-state index contributed by atoms with van der Waals surface area (Å²) < 4.78 is 0. The maximum absolute atomic E-state index is 11.1. The number of nitrogens with two attached hydrogens (primary N) is 1. The van der Waals surface area contributed by atoms with E-state index in [9.17, 15) is 4.79 Å². The van der Waals surface area contributed by atoms with Gasteiger partial charge in [-0.1, -0.05) is 40.9 Å². The molecular weight excluding hydrogens is 316 g/mol. The summed E-state index contributed by atoms with van der Waals surface area (Å²) in [5.41, 5.74) is 2.91. The fourth-order valence-corrected chi connectivity index (χ4v) is 3.79. The van der Waals surface area contributed by atoms with Crippen LogP contribution in [-0.4, -0.2) is 15.9 Å². The standard InChI is InChI=1S/C15H14N4OS2/c1-9-13(22-15(16-9)17-10(2)20)12-8-21-14(19-12)18-11-6-4-3-5-7-11/h3-8H,1-2H3,(H,18,19)(H,16,17,20)/p+1. The minimum Gasteiger partial charge on any atom is -0.302 e. The normalized spacial score (nSPS) is 10.6. The molecule has 0 spiro atoms. The number of aryl methyl sites for hydroxylation is 1. The molecule has 0 bridgehead atoms. The van der Waals surface area contributed by atoms with Crippen molar-refractivity contribution in [1.82, 2.24) is 9.97 Å². The molecule has 112 valence electrons. The van der Waals surface area contributed by atoms with E-state index in [1.807, 2.05) is 42.6 Å². The number of carbonyl (C=O) groups is 1. The number of amides is 1. The van der Waals surface area contributed by atoms with Crippen LogP contribution >= 0.6 is 22.7 Å². The summed E-state index contributed by atoms with van der Waals surface area (Å²) in [5, 5.41) is 8.36. The highest BCUT2D eigenvalue weighted by Crippen LogP contribution is 2.33. The molecule has 2 heterocycles. The minimum absolute atomic E-state index is 0.114. The lowest BCUT2D eigenvalue weighted by Gasteiger charge is -1.94. The number of nitrogens with one attached hydrogen (secondary N) is 1. The number of benzene rings is 1. The summed E-state index contributed by atoms with van der Waals surface area (Å²) in [6.07, 6.45) is 0. The first-order valence-electron chi connectivity index (χ1n) is 6.72. The van der Waals surface area contributed by atoms with Crippen molar-refractivity contribution < 1.29 is 10.1 Å². The van der Waals surface area contributed by atoms with Crippen LogP contribution in [0.3, 0.4) is 0 Å². The van der Waals surface area contributed by atoms with Crippen LogP contribution in [0.4, 0.5) is 16.0 Å². The molecule has 1 aromatic carbocycles. The molecule has 5 nitrogen and oxygen atoms in total. The van der Waals surface area contributed by atoms with Gasteiger partial charge in [-0.05, 0) is 19.1 Å². The number of nitrogens with zero attached hydrogens (tertiary/aromatic N) is 2. The van der Waals surface area contributed by atoms with Gasteiger partial charge in [0.15, 0.2) is 5.13 Å². The average Bonchev–Trinajstić information content (AvgIpc) is 3.06. The molecule has 7 heteroatoms. The van der Waals surface area contributed by atoms with Crippen LogP contribution < -0.4 is 10.6 Å². The van der Waals surface area contributed by atoms with Crippen molar-refractivity contribution >= 4 is 44.5 Å². The second-order valence-electron chi connectivity index (χ2n) is 4.74. The molecule has 3 rings (SSSR count). The Bertz CT molecular complexity index is 795. The van der Waals surface area contributed by atoms with Crippen LogP contribution in [0.5, 0.6) is 0 Å². The summed E-state index contributed by atoms with van der Waals surface area (Å²) in [6, 6.07) is 10.1. The van der Waals surface area contributed by atoms with E-state index in [1.54, 1.807) is 11.3 Å². The Balaban J connectivity index is 1.81. The van der Waals surface area contributed by atoms with Crippen molar-refractivity contribution in [3.8, 4) is 10.6 Å². The minimum atomic E-state index is -0.114. The third-order valence-electron chi connectivity index (χ3n) is 2.92. The molecule has 0 unspecified atom stereocenters. The van der Waals surface area contributed by atoms with E-state index in [1.165, 1.54) is 18.3 Å². The van der Waals surface area contributed by atoms with Gasteiger partial charge in [0.05, 0.1) is 16.3 Å². The molecule has 3 aromatic rings. The Labute approximate surface area is 136 Å². The van der Waals surface area contributed by atoms with E-state index in [0.29, 0.717) is 5.13 Å². The van der Waals surface area contributed by atoms with E-state index in [2.05, 4.69) is 20.6 Å². The highest BCUT2D eigenvalue weighted by atomic mass is 32.1. The maximum Gasteiger partial charge on any atom is 0.288 e. The van der Waals surface area contributed by atoms with E-state index >= 15 is 0 Å². The number of rotatable bonds is 4. The molecule has 0 saturated heterocycles. The van der Waals surface area contributed by atoms with Crippen LogP contribution in [0.15, 0.2) is 35.7 Å². The van der Waals surface area contributed by atoms with E-state index in [4.69, 9.17) is 0 Å². The molecule has 0 atom stereocenters. The Morgan fingerprint density at radius 2 is 2.00 bits per heavy atom. The molecule has 1 amide bonds. The first-order valence-corrected chi connectivity index (χ1v) is 8.42. The van der Waals surface area contributed by atoms with Crippen LogP contribution in [0.1, 0.15) is 12.6 Å². The predicted molar refractivity (Wildman–Crippen MR) is 90.0 cm³/mol. The van der Waals surface area contributed by atoms with Crippen molar-refractivity contribution in [2.24, 2.45) is 0 Å². The van der Waals surface area contributed by atoms with Gasteiger partial charge in [-0.2, -0.15) is 4.98 Å². The second kappa shape index (κ2) is 6.35. The van der Waals surface area contributed by atoms with Crippen molar-refractivity contribution in [3.63, 3.8) is 0 Å². The van der Waals surface area contributed by atoms with Gasteiger partial charge in [0.2, 0.25) is 5.91 Å². The second-order valence-corrected chi connectivity index (χ2v) is 6.63. The number of hydrogen-bond donors (Lipinski definition) is 2. The monoisotopic (exact) mass is 331 g/mol. The topological polar surface area (TPSA) is 71.5 Å². The summed E-state index contributed by atoms with van der Waals surface area (Å²) in [6.45, 7) is 3.41. The maximum atomic E-state index is 11.1. The molecule has 3 N–H and O–H groups in total. The van der Waals surface area contributed by atoms with Gasteiger partial charge in [-0.15, -0.1) is 0 Å². The molecular formula is C15H15N4OS2+. The molecule has 0 aliphatic carbocycles. The number of quaternary nitrogens is 1. The van der Waals surface area contributed by atoms with Crippen LogP contribution in [-0.2, 0) is 4.79 Å². The molecule has 0 saturated carbocycles. The number of thiazole rings is 2. The SMILES string of the molecule is CC(=O)Nc1nc(C)c(-c2csc([NH2+]c3ccccc3)n2)s1. The van der Waals surface area contributed by atoms with Crippen LogP contribution in [0.2, 0.25) is 0 Å². The molecule has 0 aliphatic rings. The van der Waals surface area contributed by atoms with Crippen molar-refractivity contribution in [1.29, 1.82) is 0 Å². The lowest BCUT2D eigenvalue weighted by atomic mass is 10.3. The van der Waals surface area contributed by atoms with Crippen LogP contribution in [0, 0.1) is 6.92 Å². The third-order valence-corrected chi connectivity index (χ3v) is 4.81. The van der Waals surface area contributed by atoms with Gasteiger partial charge in [-0.25, -0.2) is 4.98 Å². The Kier molecular flexibility index (Phi) is 4.28. The number of para-hydroxylation sites is 1. The van der Waals surface area contributed by atoms with Crippen LogP contribution in [0.25, 0.3) is 10.6 Å². The fourth-order valence-electron chi connectivity index (χ4n) is 1.99. The summed E-state index contributed by atoms with van der Waals surface area (Å²) in [7, 11) is 0. The molecule has 0 aliphatic heterocycles. The quantitative estimate of drug-likeness (QED) is 0.722. The fraction of sp³-hybridized carbons (Fsp3) is 0.133. The molecule has 22 heavy (non-hydrogen) atoms. The van der Waals surface area contributed by atoms with Gasteiger partial charge in [0.25, 0.3) is 5.13 Å². The zero-order valence-electron chi connectivity index (χ0n) is 12.2. The number of hydrogen-bond acceptors (Lipinski definition) is 5. The Morgan fingerprint density at radius 3 is 2.73 bits per heavy atom. The van der Waals surface area contributed by atoms with Gasteiger partial charge in [-0.3, -0.25) is 10.1 Å². The lowest BCUT2D eigenvalue weighted by Crippen LogP contribution is -2.70. The third kappa shape index (κ3) is 3.38. The first-order chi connectivity index (χ1) is 10.6. The zero-order chi connectivity index (χ0) is 15.5. The summed E-state index contributed by atoms with van der Waals surface area (Å²) in [4.78, 5) is 21.1. The Morgan fingerprint density at radius 1 is 1.23 bits per heavy atom. The largest absolute Gasteiger partial charge is 0.302 e. The zero-order valence-corrected chi connectivity index (χ0v) is 13.8. The van der Waals surface area contributed by atoms with E-state index in [0.717, 1.165) is 27.1 Å². The smallest absolute Gasteiger partial charge is 0.288 e. The summed E-state index contributed by atoms with van der Waals surface area (Å²) >= 11 is 3.04. The van der Waals surface area contributed by atoms with Crippen molar-refractivity contribution in [2.45, 2.75) is 13.8 Å². The Hall–Kier alpha value is -2.09. The number of anilines is 1. The van der Waals surface area contributed by atoms with Gasteiger partial charge in [0.1, 0.15) is 5.69 Å². The number of carbonyl (C=O) groups excluding carboxylic acids is 1. The number of aromatic nitrogens is 2. The predicted octanol–water partition coefficient (Wildman–Crippen LogP) is 3.06.